The first-order chi connectivity index (χ1) is 12.2. The number of fused-ring (bicyclic) bond motifs is 1. The first-order valence-electron chi connectivity index (χ1n) is 8.94. The minimum Gasteiger partial charge on any atom is -0.387 e. The molecule has 25 heavy (non-hydrogen) atoms. The maximum Gasteiger partial charge on any atom is 0.271 e. The summed E-state index contributed by atoms with van der Waals surface area (Å²) < 4.78 is 1.91. The lowest BCUT2D eigenvalue weighted by atomic mass is 10.0. The van der Waals surface area contributed by atoms with Crippen LogP contribution in [0.5, 0.6) is 0 Å². The van der Waals surface area contributed by atoms with Gasteiger partial charge in [-0.25, -0.2) is 0 Å². The summed E-state index contributed by atoms with van der Waals surface area (Å²) in [7, 11) is 1.61. The van der Waals surface area contributed by atoms with Gasteiger partial charge in [-0.3, -0.25) is 14.4 Å². The molecule has 6 nitrogen and oxygen atoms in total. The van der Waals surface area contributed by atoms with Crippen molar-refractivity contribution in [2.24, 2.45) is 0 Å². The Morgan fingerprint density at radius 3 is 2.96 bits per heavy atom. The highest BCUT2D eigenvalue weighted by molar-refractivity contribution is 5.91. The van der Waals surface area contributed by atoms with Crippen molar-refractivity contribution in [3.8, 4) is 0 Å². The van der Waals surface area contributed by atoms with E-state index in [-0.39, 0.29) is 18.0 Å². The van der Waals surface area contributed by atoms with Gasteiger partial charge in [-0.1, -0.05) is 24.3 Å². The maximum absolute atomic E-state index is 11.7. The molecule has 2 N–H and O–H groups in total. The number of likely N-dealkylation sites (tertiary alicyclic amines) is 1. The number of carbonyl (C=O) groups is 1. The van der Waals surface area contributed by atoms with Crippen LogP contribution in [0.3, 0.4) is 0 Å². The zero-order chi connectivity index (χ0) is 17.4. The van der Waals surface area contributed by atoms with Gasteiger partial charge in [0.2, 0.25) is 0 Å². The molecule has 0 unspecified atom stereocenters. The van der Waals surface area contributed by atoms with Crippen LogP contribution >= 0.6 is 0 Å². The monoisotopic (exact) mass is 340 g/mol. The van der Waals surface area contributed by atoms with Crippen LogP contribution < -0.4 is 5.32 Å². The van der Waals surface area contributed by atoms with Crippen molar-refractivity contribution in [1.29, 1.82) is 0 Å². The second-order valence-corrected chi connectivity index (χ2v) is 6.97. The molecular formula is C19H24N4O2. The number of hydrogen-bond acceptors (Lipinski definition) is 4. The van der Waals surface area contributed by atoms with Gasteiger partial charge in [0.05, 0.1) is 12.1 Å². The van der Waals surface area contributed by atoms with E-state index in [1.807, 2.05) is 29.1 Å². The summed E-state index contributed by atoms with van der Waals surface area (Å²) in [5.41, 5.74) is 2.77. The van der Waals surface area contributed by atoms with E-state index >= 15 is 0 Å². The Hall–Kier alpha value is -2.18. The third-order valence-electron chi connectivity index (χ3n) is 5.51. The largest absolute Gasteiger partial charge is 0.387 e. The number of hydrogen-bond donors (Lipinski definition) is 2. The number of aromatic nitrogens is 2. The Bertz CT molecular complexity index is 772. The van der Waals surface area contributed by atoms with Crippen LogP contribution in [0.1, 0.15) is 46.6 Å². The zero-order valence-corrected chi connectivity index (χ0v) is 14.4. The molecule has 0 spiro atoms. The minimum absolute atomic E-state index is 0.133. The van der Waals surface area contributed by atoms with Crippen LogP contribution in [0.2, 0.25) is 0 Å². The van der Waals surface area contributed by atoms with E-state index in [4.69, 9.17) is 0 Å². The molecule has 1 aromatic heterocycles. The zero-order valence-electron chi connectivity index (χ0n) is 14.4. The molecule has 2 heterocycles. The molecule has 6 heteroatoms. The number of carbonyl (C=O) groups excluding carboxylic acids is 1. The van der Waals surface area contributed by atoms with E-state index in [0.29, 0.717) is 5.69 Å². The number of aliphatic hydroxyl groups excluding tert-OH is 1. The molecule has 1 saturated heterocycles. The molecule has 0 bridgehead atoms. The molecule has 0 radical (unpaired) electrons. The van der Waals surface area contributed by atoms with Crippen molar-refractivity contribution in [3.05, 3.63) is 53.3 Å². The van der Waals surface area contributed by atoms with Crippen LogP contribution in [-0.4, -0.2) is 51.9 Å². The highest BCUT2D eigenvalue weighted by Crippen LogP contribution is 2.36. The molecule has 4 rings (SSSR count). The molecule has 3 atom stereocenters. The predicted molar refractivity (Wildman–Crippen MR) is 94.4 cm³/mol. The van der Waals surface area contributed by atoms with E-state index in [1.165, 1.54) is 5.56 Å². The Labute approximate surface area is 147 Å². The molecule has 1 amide bonds. The smallest absolute Gasteiger partial charge is 0.271 e. The lowest BCUT2D eigenvalue weighted by Crippen LogP contribution is -2.45. The third kappa shape index (κ3) is 2.96. The van der Waals surface area contributed by atoms with Crippen LogP contribution in [-0.2, 0) is 6.42 Å². The van der Waals surface area contributed by atoms with E-state index in [2.05, 4.69) is 21.4 Å². The Morgan fingerprint density at radius 1 is 1.32 bits per heavy atom. The fraction of sp³-hybridized carbons (Fsp3) is 0.474. The van der Waals surface area contributed by atoms with Gasteiger partial charge in [-0.05, 0) is 43.0 Å². The lowest BCUT2D eigenvalue weighted by Gasteiger charge is -2.38. The molecule has 0 saturated carbocycles. The van der Waals surface area contributed by atoms with Gasteiger partial charge >= 0.3 is 0 Å². The lowest BCUT2D eigenvalue weighted by molar-refractivity contribution is 0.0345. The van der Waals surface area contributed by atoms with Crippen molar-refractivity contribution in [2.45, 2.75) is 37.5 Å². The van der Waals surface area contributed by atoms with E-state index in [1.54, 1.807) is 13.1 Å². The first-order valence-corrected chi connectivity index (χ1v) is 8.94. The van der Waals surface area contributed by atoms with Crippen LogP contribution in [0.4, 0.5) is 0 Å². The van der Waals surface area contributed by atoms with Crippen LogP contribution in [0.15, 0.2) is 36.5 Å². The molecule has 1 aromatic carbocycles. The molecule has 2 aliphatic rings. The number of piperidine rings is 1. The van der Waals surface area contributed by atoms with Gasteiger partial charge in [0.25, 0.3) is 5.91 Å². The summed E-state index contributed by atoms with van der Waals surface area (Å²) in [4.78, 5) is 14.1. The fourth-order valence-electron chi connectivity index (χ4n) is 4.17. The standard InChI is InChI=1S/C19H24N4O2/c1-20-19(25)16-8-10-23(21-16)14-6-4-9-22(12-14)17-11-13-5-2-3-7-15(13)18(17)24/h2-3,5,7-8,10,14,17-18,24H,4,6,9,11-12H2,1H3,(H,20,25)/t14-,17-,18-/m1/s1. The van der Waals surface area contributed by atoms with Crippen LogP contribution in [0, 0.1) is 0 Å². The van der Waals surface area contributed by atoms with Crippen molar-refractivity contribution < 1.29 is 9.90 Å². The quantitative estimate of drug-likeness (QED) is 0.889. The number of benzene rings is 1. The second kappa shape index (κ2) is 6.61. The highest BCUT2D eigenvalue weighted by atomic mass is 16.3. The summed E-state index contributed by atoms with van der Waals surface area (Å²) >= 11 is 0. The normalized spacial score (nSPS) is 26.4. The fourth-order valence-corrected chi connectivity index (χ4v) is 4.17. The number of amides is 1. The minimum atomic E-state index is -0.422. The highest BCUT2D eigenvalue weighted by Gasteiger charge is 2.37. The summed E-state index contributed by atoms with van der Waals surface area (Å²) in [6.45, 7) is 1.85. The summed E-state index contributed by atoms with van der Waals surface area (Å²) in [5, 5.41) is 17.8. The Kier molecular flexibility index (Phi) is 4.31. The summed E-state index contributed by atoms with van der Waals surface area (Å²) in [5.74, 6) is -0.159. The third-order valence-corrected chi connectivity index (χ3v) is 5.51. The first kappa shape index (κ1) is 16.3. The van der Waals surface area contributed by atoms with E-state index in [9.17, 15) is 9.90 Å². The van der Waals surface area contributed by atoms with Gasteiger partial charge in [-0.2, -0.15) is 5.10 Å². The maximum atomic E-state index is 11.7. The number of rotatable bonds is 3. The molecule has 2 aromatic rings. The molecule has 1 aliphatic heterocycles. The average Bonchev–Trinajstić information content (AvgIpc) is 3.27. The summed E-state index contributed by atoms with van der Waals surface area (Å²) in [6.07, 6.45) is 4.47. The van der Waals surface area contributed by atoms with Gasteiger partial charge < -0.3 is 10.4 Å². The van der Waals surface area contributed by atoms with E-state index < -0.39 is 6.10 Å². The van der Waals surface area contributed by atoms with Crippen molar-refractivity contribution >= 4 is 5.91 Å². The van der Waals surface area contributed by atoms with Crippen LogP contribution in [0.25, 0.3) is 0 Å². The number of nitrogens with zero attached hydrogens (tertiary/aromatic N) is 3. The van der Waals surface area contributed by atoms with Gasteiger partial charge in [-0.15, -0.1) is 0 Å². The molecular weight excluding hydrogens is 316 g/mol. The SMILES string of the molecule is CNC(=O)c1ccn([C@@H]2CCCN([C@@H]3Cc4ccccc4[C@H]3O)C2)n1. The number of nitrogens with one attached hydrogen (secondary N) is 1. The van der Waals surface area contributed by atoms with Gasteiger partial charge in [0, 0.05) is 25.8 Å². The Morgan fingerprint density at radius 2 is 2.16 bits per heavy atom. The van der Waals surface area contributed by atoms with Crippen molar-refractivity contribution in [1.82, 2.24) is 20.0 Å². The topological polar surface area (TPSA) is 70.4 Å². The number of aliphatic hydroxyl groups is 1. The average molecular weight is 340 g/mol. The molecule has 132 valence electrons. The predicted octanol–water partition coefficient (Wildman–Crippen LogP) is 1.54. The van der Waals surface area contributed by atoms with Crippen molar-refractivity contribution in [2.75, 3.05) is 20.1 Å². The molecule has 1 aliphatic carbocycles. The van der Waals surface area contributed by atoms with Crippen molar-refractivity contribution in [3.63, 3.8) is 0 Å². The van der Waals surface area contributed by atoms with Gasteiger partial charge in [0.1, 0.15) is 5.69 Å². The Balaban J connectivity index is 1.49. The second-order valence-electron chi connectivity index (χ2n) is 6.97. The molecule has 1 fully saturated rings. The summed E-state index contributed by atoms with van der Waals surface area (Å²) in [6, 6.07) is 10.3. The van der Waals surface area contributed by atoms with E-state index in [0.717, 1.165) is 37.9 Å². The van der Waals surface area contributed by atoms with Gasteiger partial charge in [0.15, 0.2) is 0 Å².